The van der Waals surface area contributed by atoms with E-state index in [0.717, 1.165) is 5.69 Å². The van der Waals surface area contributed by atoms with E-state index in [4.69, 9.17) is 11.5 Å². The molecule has 1 aromatic rings. The summed E-state index contributed by atoms with van der Waals surface area (Å²) >= 11 is 0. The van der Waals surface area contributed by atoms with Gasteiger partial charge < -0.3 is 11.5 Å². The van der Waals surface area contributed by atoms with Crippen molar-refractivity contribution >= 4 is 5.82 Å². The van der Waals surface area contributed by atoms with Gasteiger partial charge in [0.2, 0.25) is 0 Å². The lowest BCUT2D eigenvalue weighted by atomic mass is 10.2. The van der Waals surface area contributed by atoms with Gasteiger partial charge in [-0.3, -0.25) is 5.10 Å². The Kier molecular flexibility index (Phi) is 1.40. The molecule has 4 heteroatoms. The van der Waals surface area contributed by atoms with Crippen LogP contribution in [0.4, 0.5) is 5.82 Å². The van der Waals surface area contributed by atoms with Crippen LogP contribution in [0.2, 0.25) is 0 Å². The van der Waals surface area contributed by atoms with Gasteiger partial charge in [0.25, 0.3) is 0 Å². The molecule has 0 saturated heterocycles. The van der Waals surface area contributed by atoms with Crippen LogP contribution in [0.25, 0.3) is 0 Å². The highest BCUT2D eigenvalue weighted by molar-refractivity contribution is 5.29. The molecule has 0 bridgehead atoms. The average molecular weight is 126 g/mol. The molecule has 0 aliphatic heterocycles. The van der Waals surface area contributed by atoms with Gasteiger partial charge in [-0.2, -0.15) is 5.10 Å². The fourth-order valence-electron chi connectivity index (χ4n) is 0.586. The van der Waals surface area contributed by atoms with Crippen LogP contribution in [-0.4, -0.2) is 10.2 Å². The molecule has 9 heavy (non-hydrogen) atoms. The van der Waals surface area contributed by atoms with Crippen molar-refractivity contribution in [1.29, 1.82) is 0 Å². The molecule has 4 nitrogen and oxygen atoms in total. The van der Waals surface area contributed by atoms with E-state index in [1.807, 2.05) is 6.92 Å². The third kappa shape index (κ3) is 1.20. The molecule has 0 radical (unpaired) electrons. The van der Waals surface area contributed by atoms with E-state index in [9.17, 15) is 0 Å². The van der Waals surface area contributed by atoms with Gasteiger partial charge in [0, 0.05) is 12.1 Å². The number of nitrogen functional groups attached to an aromatic ring is 1. The molecular formula is C5H10N4. The van der Waals surface area contributed by atoms with Crippen molar-refractivity contribution in [3.63, 3.8) is 0 Å². The maximum absolute atomic E-state index is 5.50. The first-order valence-electron chi connectivity index (χ1n) is 2.76. The molecule has 0 aliphatic carbocycles. The van der Waals surface area contributed by atoms with E-state index in [1.165, 1.54) is 0 Å². The Labute approximate surface area is 53.2 Å². The summed E-state index contributed by atoms with van der Waals surface area (Å²) in [5.74, 6) is 0.488. The van der Waals surface area contributed by atoms with Gasteiger partial charge in [0.05, 0.1) is 5.69 Å². The van der Waals surface area contributed by atoms with Crippen LogP contribution in [0.15, 0.2) is 6.07 Å². The number of H-pyrrole nitrogens is 1. The third-order valence-electron chi connectivity index (χ3n) is 1.11. The summed E-state index contributed by atoms with van der Waals surface area (Å²) in [4.78, 5) is 0. The number of rotatable bonds is 1. The number of aromatic nitrogens is 2. The first-order chi connectivity index (χ1) is 4.20. The Balaban J connectivity index is 2.85. The first-order valence-corrected chi connectivity index (χ1v) is 2.76. The summed E-state index contributed by atoms with van der Waals surface area (Å²) in [5, 5.41) is 6.42. The molecule has 0 fully saturated rings. The Morgan fingerprint density at radius 2 is 2.44 bits per heavy atom. The maximum Gasteiger partial charge on any atom is 0.145 e. The third-order valence-corrected chi connectivity index (χ3v) is 1.11. The number of hydrogen-bond donors (Lipinski definition) is 3. The van der Waals surface area contributed by atoms with Crippen LogP contribution in [0.5, 0.6) is 0 Å². The average Bonchev–Trinajstić information content (AvgIpc) is 2.14. The summed E-state index contributed by atoms with van der Waals surface area (Å²) in [6.45, 7) is 1.87. The molecule has 1 atom stereocenters. The molecule has 0 aliphatic rings. The van der Waals surface area contributed by atoms with E-state index in [0.29, 0.717) is 5.82 Å². The second-order valence-corrected chi connectivity index (χ2v) is 2.04. The summed E-state index contributed by atoms with van der Waals surface area (Å²) in [5.41, 5.74) is 11.7. The monoisotopic (exact) mass is 126 g/mol. The molecule has 0 amide bonds. The molecule has 1 aromatic heterocycles. The molecule has 1 heterocycles. The minimum absolute atomic E-state index is 0.0187. The molecule has 0 aromatic carbocycles. The Morgan fingerprint density at radius 3 is 2.67 bits per heavy atom. The quantitative estimate of drug-likeness (QED) is 0.496. The van der Waals surface area contributed by atoms with E-state index in [-0.39, 0.29) is 6.04 Å². The summed E-state index contributed by atoms with van der Waals surface area (Å²) in [7, 11) is 0. The lowest BCUT2D eigenvalue weighted by molar-refractivity contribution is 0.772. The van der Waals surface area contributed by atoms with Gasteiger partial charge in [0.15, 0.2) is 0 Å². The van der Waals surface area contributed by atoms with Gasteiger partial charge in [-0.25, -0.2) is 0 Å². The second-order valence-electron chi connectivity index (χ2n) is 2.04. The number of nitrogens with two attached hydrogens (primary N) is 2. The van der Waals surface area contributed by atoms with Crippen molar-refractivity contribution in [3.8, 4) is 0 Å². The fourth-order valence-corrected chi connectivity index (χ4v) is 0.586. The summed E-state index contributed by atoms with van der Waals surface area (Å²) in [6.07, 6.45) is 0. The topological polar surface area (TPSA) is 80.7 Å². The number of hydrogen-bond acceptors (Lipinski definition) is 3. The number of anilines is 1. The fraction of sp³-hybridized carbons (Fsp3) is 0.400. The van der Waals surface area contributed by atoms with Crippen LogP contribution in [0.1, 0.15) is 18.7 Å². The van der Waals surface area contributed by atoms with Crippen LogP contribution < -0.4 is 11.5 Å². The lowest BCUT2D eigenvalue weighted by Crippen LogP contribution is -2.04. The largest absolute Gasteiger partial charge is 0.382 e. The molecular weight excluding hydrogens is 116 g/mol. The Hall–Kier alpha value is -1.03. The van der Waals surface area contributed by atoms with Crippen LogP contribution in [0.3, 0.4) is 0 Å². The number of nitrogens with one attached hydrogen (secondary N) is 1. The minimum Gasteiger partial charge on any atom is -0.382 e. The first kappa shape index (κ1) is 6.10. The highest BCUT2D eigenvalue weighted by Gasteiger charge is 2.00. The van der Waals surface area contributed by atoms with Crippen molar-refractivity contribution < 1.29 is 0 Å². The Bertz CT molecular complexity index is 191. The molecule has 5 N–H and O–H groups in total. The van der Waals surface area contributed by atoms with Gasteiger partial charge in [-0.15, -0.1) is 0 Å². The number of nitrogens with zero attached hydrogens (tertiary/aromatic N) is 1. The highest BCUT2D eigenvalue weighted by atomic mass is 15.2. The SMILES string of the molecule is C[C@H](N)c1cc(N)n[nH]1. The van der Waals surface area contributed by atoms with E-state index >= 15 is 0 Å². The smallest absolute Gasteiger partial charge is 0.145 e. The standard InChI is InChI=1S/C5H10N4/c1-3(6)4-2-5(7)9-8-4/h2-3H,6H2,1H3,(H3,7,8,9)/t3-/m0/s1. The van der Waals surface area contributed by atoms with Crippen molar-refractivity contribution in [1.82, 2.24) is 10.2 Å². The van der Waals surface area contributed by atoms with E-state index in [1.54, 1.807) is 6.07 Å². The van der Waals surface area contributed by atoms with Gasteiger partial charge in [-0.1, -0.05) is 0 Å². The maximum atomic E-state index is 5.50. The van der Waals surface area contributed by atoms with E-state index < -0.39 is 0 Å². The summed E-state index contributed by atoms with van der Waals surface area (Å²) in [6, 6.07) is 1.71. The van der Waals surface area contributed by atoms with Crippen molar-refractivity contribution in [2.24, 2.45) is 5.73 Å². The van der Waals surface area contributed by atoms with Crippen molar-refractivity contribution in [2.45, 2.75) is 13.0 Å². The zero-order valence-electron chi connectivity index (χ0n) is 5.26. The van der Waals surface area contributed by atoms with Crippen LogP contribution >= 0.6 is 0 Å². The van der Waals surface area contributed by atoms with Crippen LogP contribution in [0, 0.1) is 0 Å². The zero-order chi connectivity index (χ0) is 6.85. The minimum atomic E-state index is -0.0187. The van der Waals surface area contributed by atoms with E-state index in [2.05, 4.69) is 10.2 Å². The lowest BCUT2D eigenvalue weighted by Gasteiger charge is -1.96. The summed E-state index contributed by atoms with van der Waals surface area (Å²) < 4.78 is 0. The molecule has 0 spiro atoms. The normalized spacial score (nSPS) is 13.6. The van der Waals surface area contributed by atoms with Crippen LogP contribution in [-0.2, 0) is 0 Å². The molecule has 1 rings (SSSR count). The molecule has 0 unspecified atom stereocenters. The molecule has 50 valence electrons. The van der Waals surface area contributed by atoms with Crippen molar-refractivity contribution in [2.75, 3.05) is 5.73 Å². The van der Waals surface area contributed by atoms with Gasteiger partial charge in [-0.05, 0) is 6.92 Å². The predicted molar refractivity (Wildman–Crippen MR) is 35.6 cm³/mol. The zero-order valence-corrected chi connectivity index (χ0v) is 5.26. The molecule has 0 saturated carbocycles. The Morgan fingerprint density at radius 1 is 1.78 bits per heavy atom. The number of aromatic amines is 1. The predicted octanol–water partition coefficient (Wildman–Crippen LogP) is 0.0116. The highest BCUT2D eigenvalue weighted by Crippen LogP contribution is 2.07. The van der Waals surface area contributed by atoms with Gasteiger partial charge in [0.1, 0.15) is 5.82 Å². The van der Waals surface area contributed by atoms with Crippen molar-refractivity contribution in [3.05, 3.63) is 11.8 Å². The van der Waals surface area contributed by atoms with Gasteiger partial charge >= 0.3 is 0 Å². The second kappa shape index (κ2) is 2.06.